The van der Waals surface area contributed by atoms with Gasteiger partial charge in [-0.05, 0) is 51.5 Å². The van der Waals surface area contributed by atoms with E-state index in [0.29, 0.717) is 0 Å². The maximum Gasteiger partial charge on any atom is 0.0104 e. The Kier molecular flexibility index (Phi) is 3.63. The Balaban J connectivity index is 1.76. The van der Waals surface area contributed by atoms with E-state index >= 15 is 0 Å². The van der Waals surface area contributed by atoms with E-state index < -0.39 is 0 Å². The Morgan fingerprint density at radius 1 is 1.43 bits per heavy atom. The molecule has 2 aliphatic carbocycles. The molecular formula is C13H23N. The van der Waals surface area contributed by atoms with Crippen LogP contribution in [0.25, 0.3) is 0 Å². The molecule has 1 N–H and O–H groups in total. The SMILES string of the molecule is CNC(CC1=CCCCC1)CC1CC1. The smallest absolute Gasteiger partial charge is 0.0104 e. The van der Waals surface area contributed by atoms with Gasteiger partial charge in [0, 0.05) is 6.04 Å². The first-order chi connectivity index (χ1) is 6.88. The molecule has 0 aliphatic heterocycles. The Bertz CT molecular complexity index is 203. The highest BCUT2D eigenvalue weighted by molar-refractivity contribution is 5.07. The minimum atomic E-state index is 0.756. The van der Waals surface area contributed by atoms with Crippen LogP contribution in [-0.4, -0.2) is 13.1 Å². The summed E-state index contributed by atoms with van der Waals surface area (Å²) in [5.41, 5.74) is 1.72. The molecule has 0 bridgehead atoms. The number of nitrogens with one attached hydrogen (secondary N) is 1. The van der Waals surface area contributed by atoms with Gasteiger partial charge in [-0.25, -0.2) is 0 Å². The van der Waals surface area contributed by atoms with E-state index in [0.717, 1.165) is 12.0 Å². The third-order valence-corrected chi connectivity index (χ3v) is 3.62. The molecule has 1 unspecified atom stereocenters. The Hall–Kier alpha value is -0.300. The summed E-state index contributed by atoms with van der Waals surface area (Å²) in [5.74, 6) is 1.05. The summed E-state index contributed by atoms with van der Waals surface area (Å²) < 4.78 is 0. The summed E-state index contributed by atoms with van der Waals surface area (Å²) in [6.45, 7) is 0. The van der Waals surface area contributed by atoms with Crippen molar-refractivity contribution in [2.75, 3.05) is 7.05 Å². The van der Waals surface area contributed by atoms with Crippen molar-refractivity contribution in [1.29, 1.82) is 0 Å². The second kappa shape index (κ2) is 4.97. The van der Waals surface area contributed by atoms with Crippen LogP contribution in [0.2, 0.25) is 0 Å². The maximum absolute atomic E-state index is 3.48. The number of allylic oxidation sites excluding steroid dienone is 1. The van der Waals surface area contributed by atoms with Crippen LogP contribution in [0.3, 0.4) is 0 Å². The van der Waals surface area contributed by atoms with Crippen molar-refractivity contribution < 1.29 is 0 Å². The average molecular weight is 193 g/mol. The molecule has 0 aromatic heterocycles. The molecule has 0 saturated heterocycles. The quantitative estimate of drug-likeness (QED) is 0.661. The van der Waals surface area contributed by atoms with Crippen molar-refractivity contribution >= 4 is 0 Å². The molecule has 0 aromatic carbocycles. The third-order valence-electron chi connectivity index (χ3n) is 3.62. The van der Waals surface area contributed by atoms with Crippen LogP contribution in [0, 0.1) is 5.92 Å². The van der Waals surface area contributed by atoms with Gasteiger partial charge in [-0.3, -0.25) is 0 Å². The lowest BCUT2D eigenvalue weighted by molar-refractivity contribution is 0.477. The van der Waals surface area contributed by atoms with Crippen LogP contribution in [0.5, 0.6) is 0 Å². The van der Waals surface area contributed by atoms with E-state index in [4.69, 9.17) is 0 Å². The average Bonchev–Trinajstić information content (AvgIpc) is 3.02. The van der Waals surface area contributed by atoms with Gasteiger partial charge in [0.15, 0.2) is 0 Å². The number of rotatable bonds is 5. The van der Waals surface area contributed by atoms with E-state index in [1.807, 2.05) is 0 Å². The van der Waals surface area contributed by atoms with Crippen LogP contribution < -0.4 is 5.32 Å². The molecule has 0 amide bonds. The lowest BCUT2D eigenvalue weighted by atomic mass is 9.92. The van der Waals surface area contributed by atoms with Crippen molar-refractivity contribution in [2.45, 2.75) is 57.4 Å². The van der Waals surface area contributed by atoms with E-state index in [-0.39, 0.29) is 0 Å². The van der Waals surface area contributed by atoms with Crippen LogP contribution in [-0.2, 0) is 0 Å². The van der Waals surface area contributed by atoms with Crippen molar-refractivity contribution in [3.63, 3.8) is 0 Å². The van der Waals surface area contributed by atoms with Crippen LogP contribution >= 0.6 is 0 Å². The van der Waals surface area contributed by atoms with Gasteiger partial charge in [0.1, 0.15) is 0 Å². The highest BCUT2D eigenvalue weighted by Gasteiger charge is 2.25. The molecule has 1 fully saturated rings. The summed E-state index contributed by atoms with van der Waals surface area (Å²) >= 11 is 0. The normalized spacial score (nSPS) is 24.5. The zero-order chi connectivity index (χ0) is 9.80. The van der Waals surface area contributed by atoms with Crippen LogP contribution in [0.15, 0.2) is 11.6 Å². The zero-order valence-electron chi connectivity index (χ0n) is 9.39. The van der Waals surface area contributed by atoms with Gasteiger partial charge in [0.05, 0.1) is 0 Å². The second-order valence-electron chi connectivity index (χ2n) is 4.98. The third kappa shape index (κ3) is 3.13. The fourth-order valence-electron chi connectivity index (χ4n) is 2.47. The molecule has 0 aromatic rings. The van der Waals surface area contributed by atoms with E-state index in [1.165, 1.54) is 51.4 Å². The fraction of sp³-hybridized carbons (Fsp3) is 0.846. The summed E-state index contributed by atoms with van der Waals surface area (Å²) in [6.07, 6.45) is 13.7. The number of hydrogen-bond acceptors (Lipinski definition) is 1. The lowest BCUT2D eigenvalue weighted by Gasteiger charge is -2.20. The molecular weight excluding hydrogens is 170 g/mol. The Morgan fingerprint density at radius 2 is 2.29 bits per heavy atom. The predicted molar refractivity (Wildman–Crippen MR) is 61.4 cm³/mol. The molecule has 80 valence electrons. The molecule has 2 rings (SSSR count). The van der Waals surface area contributed by atoms with Gasteiger partial charge in [-0.15, -0.1) is 0 Å². The fourth-order valence-corrected chi connectivity index (χ4v) is 2.47. The van der Waals surface area contributed by atoms with Crippen molar-refractivity contribution in [1.82, 2.24) is 5.32 Å². The molecule has 2 aliphatic rings. The molecule has 1 saturated carbocycles. The molecule has 1 nitrogen and oxygen atoms in total. The van der Waals surface area contributed by atoms with Gasteiger partial charge in [-0.1, -0.05) is 24.5 Å². The zero-order valence-corrected chi connectivity index (χ0v) is 9.39. The molecule has 14 heavy (non-hydrogen) atoms. The van der Waals surface area contributed by atoms with Gasteiger partial charge in [0.25, 0.3) is 0 Å². The standard InChI is InChI=1S/C13H23N/c1-14-13(10-12-7-8-12)9-11-5-3-2-4-6-11/h5,12-14H,2-4,6-10H2,1H3. The van der Waals surface area contributed by atoms with Gasteiger partial charge in [0.2, 0.25) is 0 Å². The maximum atomic E-state index is 3.48. The first kappa shape index (κ1) is 10.2. The lowest BCUT2D eigenvalue weighted by Crippen LogP contribution is -2.26. The highest BCUT2D eigenvalue weighted by Crippen LogP contribution is 2.35. The van der Waals surface area contributed by atoms with Crippen molar-refractivity contribution in [3.8, 4) is 0 Å². The molecule has 0 spiro atoms. The first-order valence-electron chi connectivity index (χ1n) is 6.23. The Morgan fingerprint density at radius 3 is 2.86 bits per heavy atom. The Labute approximate surface area is 88.0 Å². The first-order valence-corrected chi connectivity index (χ1v) is 6.23. The molecule has 1 atom stereocenters. The monoisotopic (exact) mass is 193 g/mol. The predicted octanol–water partition coefficient (Wildman–Crippen LogP) is 3.27. The molecule has 0 radical (unpaired) electrons. The molecule has 1 heteroatoms. The van der Waals surface area contributed by atoms with Crippen molar-refractivity contribution in [3.05, 3.63) is 11.6 Å². The summed E-state index contributed by atoms with van der Waals surface area (Å²) in [6, 6.07) is 0.756. The van der Waals surface area contributed by atoms with Crippen LogP contribution in [0.1, 0.15) is 51.4 Å². The highest BCUT2D eigenvalue weighted by atomic mass is 14.9. The van der Waals surface area contributed by atoms with E-state index in [9.17, 15) is 0 Å². The topological polar surface area (TPSA) is 12.0 Å². The van der Waals surface area contributed by atoms with Gasteiger partial charge < -0.3 is 5.32 Å². The second-order valence-corrected chi connectivity index (χ2v) is 4.98. The van der Waals surface area contributed by atoms with Gasteiger partial charge in [-0.2, -0.15) is 0 Å². The van der Waals surface area contributed by atoms with E-state index in [1.54, 1.807) is 5.57 Å². The van der Waals surface area contributed by atoms with Crippen molar-refractivity contribution in [2.24, 2.45) is 5.92 Å². The number of hydrogen-bond donors (Lipinski definition) is 1. The minimum absolute atomic E-state index is 0.756. The van der Waals surface area contributed by atoms with Gasteiger partial charge >= 0.3 is 0 Å². The summed E-state index contributed by atoms with van der Waals surface area (Å²) in [7, 11) is 2.12. The summed E-state index contributed by atoms with van der Waals surface area (Å²) in [5, 5.41) is 3.48. The summed E-state index contributed by atoms with van der Waals surface area (Å²) in [4.78, 5) is 0. The van der Waals surface area contributed by atoms with Crippen LogP contribution in [0.4, 0.5) is 0 Å². The molecule has 0 heterocycles. The minimum Gasteiger partial charge on any atom is -0.317 e. The largest absolute Gasteiger partial charge is 0.317 e. The van der Waals surface area contributed by atoms with E-state index in [2.05, 4.69) is 18.4 Å².